The van der Waals surface area contributed by atoms with E-state index in [1.165, 1.54) is 5.69 Å². The molecule has 0 radical (unpaired) electrons. The Morgan fingerprint density at radius 2 is 1.72 bits per heavy atom. The van der Waals surface area contributed by atoms with Crippen LogP contribution in [0.3, 0.4) is 0 Å². The van der Waals surface area contributed by atoms with E-state index in [0.29, 0.717) is 11.5 Å². The number of carbonyl (C=O) groups is 1. The highest BCUT2D eigenvalue weighted by molar-refractivity contribution is 5.92. The Balaban J connectivity index is 1.64. The molecule has 1 aromatic carbocycles. The van der Waals surface area contributed by atoms with Crippen molar-refractivity contribution in [3.05, 3.63) is 42.1 Å². The second-order valence-electron chi connectivity index (χ2n) is 6.15. The van der Waals surface area contributed by atoms with E-state index < -0.39 is 0 Å². The third kappa shape index (κ3) is 4.07. The summed E-state index contributed by atoms with van der Waals surface area (Å²) in [4.78, 5) is 16.4. The second kappa shape index (κ2) is 7.96. The van der Waals surface area contributed by atoms with Gasteiger partial charge in [-0.15, -0.1) is 10.2 Å². The average molecular weight is 339 g/mol. The SMILES string of the molecule is CCN(CC)c1ccc(Nc2ccc(C(=O)N3CCCC3)nn2)cc1. The smallest absolute Gasteiger partial charge is 0.274 e. The van der Waals surface area contributed by atoms with Crippen LogP contribution in [0.2, 0.25) is 0 Å². The highest BCUT2D eigenvalue weighted by atomic mass is 16.2. The van der Waals surface area contributed by atoms with Crippen molar-refractivity contribution < 1.29 is 4.79 Å². The lowest BCUT2D eigenvalue weighted by atomic mass is 10.2. The van der Waals surface area contributed by atoms with Gasteiger partial charge in [0.2, 0.25) is 0 Å². The van der Waals surface area contributed by atoms with Gasteiger partial charge in [0.05, 0.1) is 0 Å². The summed E-state index contributed by atoms with van der Waals surface area (Å²) < 4.78 is 0. The molecule has 1 aliphatic rings. The molecule has 0 unspecified atom stereocenters. The van der Waals surface area contributed by atoms with Crippen LogP contribution in [-0.4, -0.2) is 47.2 Å². The molecule has 25 heavy (non-hydrogen) atoms. The number of benzene rings is 1. The molecule has 0 aliphatic carbocycles. The van der Waals surface area contributed by atoms with Gasteiger partial charge in [0, 0.05) is 37.6 Å². The molecule has 0 saturated carbocycles. The van der Waals surface area contributed by atoms with Crippen LogP contribution in [0.1, 0.15) is 37.2 Å². The first kappa shape index (κ1) is 17.2. The molecule has 1 aromatic heterocycles. The van der Waals surface area contributed by atoms with E-state index in [2.05, 4.69) is 46.4 Å². The fourth-order valence-corrected chi connectivity index (χ4v) is 3.09. The molecule has 1 aliphatic heterocycles. The van der Waals surface area contributed by atoms with Crippen molar-refractivity contribution in [2.45, 2.75) is 26.7 Å². The minimum atomic E-state index is -0.0277. The molecule has 6 heteroatoms. The van der Waals surface area contributed by atoms with Crippen LogP contribution in [0.25, 0.3) is 0 Å². The van der Waals surface area contributed by atoms with Crippen LogP contribution in [0, 0.1) is 0 Å². The number of rotatable bonds is 6. The minimum absolute atomic E-state index is 0.0277. The lowest BCUT2D eigenvalue weighted by Crippen LogP contribution is -2.28. The molecule has 0 spiro atoms. The summed E-state index contributed by atoms with van der Waals surface area (Å²) >= 11 is 0. The molecule has 2 aromatic rings. The molecule has 3 rings (SSSR count). The molecule has 1 amide bonds. The van der Waals surface area contributed by atoms with Crippen molar-refractivity contribution in [1.29, 1.82) is 0 Å². The van der Waals surface area contributed by atoms with Gasteiger partial charge in [0.15, 0.2) is 11.5 Å². The van der Waals surface area contributed by atoms with Gasteiger partial charge in [0.1, 0.15) is 0 Å². The van der Waals surface area contributed by atoms with Crippen LogP contribution >= 0.6 is 0 Å². The summed E-state index contributed by atoms with van der Waals surface area (Å²) in [5, 5.41) is 11.4. The number of hydrogen-bond acceptors (Lipinski definition) is 5. The van der Waals surface area contributed by atoms with Gasteiger partial charge in [-0.2, -0.15) is 0 Å². The Labute approximate surface area is 148 Å². The largest absolute Gasteiger partial charge is 0.372 e. The zero-order valence-corrected chi connectivity index (χ0v) is 14.9. The predicted octanol–water partition coefficient (Wildman–Crippen LogP) is 3.30. The van der Waals surface area contributed by atoms with E-state index in [9.17, 15) is 4.79 Å². The van der Waals surface area contributed by atoms with Crippen molar-refractivity contribution in [3.8, 4) is 0 Å². The van der Waals surface area contributed by atoms with Crippen molar-refractivity contribution in [2.24, 2.45) is 0 Å². The Bertz CT molecular complexity index is 689. The number of anilines is 3. The molecule has 0 bridgehead atoms. The fraction of sp³-hybridized carbons (Fsp3) is 0.421. The maximum absolute atomic E-state index is 12.3. The van der Waals surface area contributed by atoms with Crippen LogP contribution in [0.4, 0.5) is 17.2 Å². The van der Waals surface area contributed by atoms with Crippen molar-refractivity contribution in [1.82, 2.24) is 15.1 Å². The normalized spacial score (nSPS) is 13.8. The Morgan fingerprint density at radius 3 is 2.28 bits per heavy atom. The van der Waals surface area contributed by atoms with Gasteiger partial charge in [-0.3, -0.25) is 4.79 Å². The molecule has 1 fully saturated rings. The monoisotopic (exact) mass is 339 g/mol. The molecule has 6 nitrogen and oxygen atoms in total. The van der Waals surface area contributed by atoms with Crippen molar-refractivity contribution in [2.75, 3.05) is 36.4 Å². The van der Waals surface area contributed by atoms with Gasteiger partial charge in [-0.25, -0.2) is 0 Å². The minimum Gasteiger partial charge on any atom is -0.372 e. The summed E-state index contributed by atoms with van der Waals surface area (Å²) in [7, 11) is 0. The molecule has 1 N–H and O–H groups in total. The Hall–Kier alpha value is -2.63. The van der Waals surface area contributed by atoms with Gasteiger partial charge < -0.3 is 15.1 Å². The highest BCUT2D eigenvalue weighted by Crippen LogP contribution is 2.20. The van der Waals surface area contributed by atoms with Crippen LogP contribution in [0.5, 0.6) is 0 Å². The zero-order chi connectivity index (χ0) is 17.6. The standard InChI is InChI=1S/C19H25N5O/c1-3-23(4-2)16-9-7-15(8-10-16)20-18-12-11-17(21-22-18)19(25)24-13-5-6-14-24/h7-12H,3-6,13-14H2,1-2H3,(H,20,22). The van der Waals surface area contributed by atoms with Crippen LogP contribution < -0.4 is 10.2 Å². The lowest BCUT2D eigenvalue weighted by molar-refractivity contribution is 0.0786. The fourth-order valence-electron chi connectivity index (χ4n) is 3.09. The molecule has 132 valence electrons. The summed E-state index contributed by atoms with van der Waals surface area (Å²) in [6.45, 7) is 7.91. The first-order chi connectivity index (χ1) is 12.2. The highest BCUT2D eigenvalue weighted by Gasteiger charge is 2.20. The summed E-state index contributed by atoms with van der Waals surface area (Å²) in [5.41, 5.74) is 2.56. The second-order valence-corrected chi connectivity index (χ2v) is 6.15. The summed E-state index contributed by atoms with van der Waals surface area (Å²) in [6.07, 6.45) is 2.14. The quantitative estimate of drug-likeness (QED) is 0.875. The number of aromatic nitrogens is 2. The maximum atomic E-state index is 12.3. The Kier molecular flexibility index (Phi) is 5.48. The first-order valence-electron chi connectivity index (χ1n) is 8.96. The van der Waals surface area contributed by atoms with E-state index in [-0.39, 0.29) is 5.91 Å². The number of carbonyl (C=O) groups excluding carboxylic acids is 1. The molecule has 2 heterocycles. The van der Waals surface area contributed by atoms with Gasteiger partial charge >= 0.3 is 0 Å². The molecular formula is C19H25N5O. The van der Waals surface area contributed by atoms with Crippen LogP contribution in [0.15, 0.2) is 36.4 Å². The predicted molar refractivity (Wildman–Crippen MR) is 100 cm³/mol. The van der Waals surface area contributed by atoms with E-state index in [4.69, 9.17) is 0 Å². The van der Waals surface area contributed by atoms with Crippen LogP contribution in [-0.2, 0) is 0 Å². The average Bonchev–Trinajstić information content (AvgIpc) is 3.19. The first-order valence-corrected chi connectivity index (χ1v) is 8.96. The van der Waals surface area contributed by atoms with E-state index in [0.717, 1.165) is 44.7 Å². The molecule has 1 saturated heterocycles. The number of likely N-dealkylation sites (tertiary alicyclic amines) is 1. The Morgan fingerprint density at radius 1 is 1.04 bits per heavy atom. The van der Waals surface area contributed by atoms with Crippen molar-refractivity contribution >= 4 is 23.1 Å². The zero-order valence-electron chi connectivity index (χ0n) is 14.9. The topological polar surface area (TPSA) is 61.4 Å². The molecule has 0 atom stereocenters. The summed E-state index contributed by atoms with van der Waals surface area (Å²) in [6, 6.07) is 11.8. The van der Waals surface area contributed by atoms with E-state index in [1.807, 2.05) is 17.0 Å². The van der Waals surface area contributed by atoms with E-state index >= 15 is 0 Å². The third-order valence-corrected chi connectivity index (χ3v) is 4.55. The van der Waals surface area contributed by atoms with E-state index in [1.54, 1.807) is 12.1 Å². The van der Waals surface area contributed by atoms with Gasteiger partial charge in [0.25, 0.3) is 5.91 Å². The molecular weight excluding hydrogens is 314 g/mol. The number of nitrogens with one attached hydrogen (secondary N) is 1. The van der Waals surface area contributed by atoms with Gasteiger partial charge in [-0.1, -0.05) is 0 Å². The number of amides is 1. The maximum Gasteiger partial charge on any atom is 0.274 e. The lowest BCUT2D eigenvalue weighted by Gasteiger charge is -2.21. The van der Waals surface area contributed by atoms with Crippen molar-refractivity contribution in [3.63, 3.8) is 0 Å². The third-order valence-electron chi connectivity index (χ3n) is 4.55. The number of hydrogen-bond donors (Lipinski definition) is 1. The number of nitrogens with zero attached hydrogens (tertiary/aromatic N) is 4. The van der Waals surface area contributed by atoms with Gasteiger partial charge in [-0.05, 0) is 63.1 Å². The summed E-state index contributed by atoms with van der Waals surface area (Å²) in [5.74, 6) is 0.605.